The number of aromatic carboxylic acids is 1. The Balaban J connectivity index is 2.10. The van der Waals surface area contributed by atoms with Crippen molar-refractivity contribution in [2.45, 2.75) is 26.3 Å². The molecular formula is C17H18FNO2. The SMILES string of the molecule is Cc1ccc(C(=O)O)cc1NC(C)Cc1cccc(F)c1. The van der Waals surface area contributed by atoms with Gasteiger partial charge in [-0.05, 0) is 55.7 Å². The van der Waals surface area contributed by atoms with E-state index in [1.165, 1.54) is 12.1 Å². The van der Waals surface area contributed by atoms with Crippen molar-refractivity contribution < 1.29 is 14.3 Å². The number of carboxylic acid groups (broad SMARTS) is 1. The minimum absolute atomic E-state index is 0.0644. The Morgan fingerprint density at radius 1 is 1.29 bits per heavy atom. The van der Waals surface area contributed by atoms with Crippen molar-refractivity contribution in [3.63, 3.8) is 0 Å². The van der Waals surface area contributed by atoms with Crippen molar-refractivity contribution in [3.8, 4) is 0 Å². The lowest BCUT2D eigenvalue weighted by molar-refractivity contribution is 0.0697. The lowest BCUT2D eigenvalue weighted by atomic mass is 10.1. The third kappa shape index (κ3) is 4.05. The summed E-state index contributed by atoms with van der Waals surface area (Å²) in [6, 6.07) is 11.5. The van der Waals surface area contributed by atoms with Gasteiger partial charge in [0.15, 0.2) is 0 Å². The average molecular weight is 287 g/mol. The van der Waals surface area contributed by atoms with E-state index >= 15 is 0 Å². The number of carbonyl (C=O) groups is 1. The van der Waals surface area contributed by atoms with Gasteiger partial charge in [0.1, 0.15) is 5.82 Å². The summed E-state index contributed by atoms with van der Waals surface area (Å²) in [6.45, 7) is 3.90. The van der Waals surface area contributed by atoms with Gasteiger partial charge in [-0.3, -0.25) is 0 Å². The molecule has 0 fully saturated rings. The molecule has 0 radical (unpaired) electrons. The quantitative estimate of drug-likeness (QED) is 0.877. The van der Waals surface area contributed by atoms with Crippen LogP contribution in [0.5, 0.6) is 0 Å². The fourth-order valence-electron chi connectivity index (χ4n) is 2.24. The van der Waals surface area contributed by atoms with Gasteiger partial charge in [-0.15, -0.1) is 0 Å². The number of hydrogen-bond acceptors (Lipinski definition) is 2. The molecule has 0 aliphatic rings. The summed E-state index contributed by atoms with van der Waals surface area (Å²) in [6.07, 6.45) is 0.661. The van der Waals surface area contributed by atoms with E-state index in [-0.39, 0.29) is 17.4 Å². The number of benzene rings is 2. The van der Waals surface area contributed by atoms with Crippen LogP contribution in [0.15, 0.2) is 42.5 Å². The first-order valence-electron chi connectivity index (χ1n) is 6.80. The first-order chi connectivity index (χ1) is 9.95. The molecule has 0 heterocycles. The molecule has 110 valence electrons. The number of nitrogens with one attached hydrogen (secondary N) is 1. The molecule has 1 atom stereocenters. The zero-order chi connectivity index (χ0) is 15.4. The zero-order valence-electron chi connectivity index (χ0n) is 12.1. The first kappa shape index (κ1) is 15.0. The second-order valence-electron chi connectivity index (χ2n) is 5.21. The molecule has 4 heteroatoms. The predicted molar refractivity (Wildman–Crippen MR) is 81.3 cm³/mol. The van der Waals surface area contributed by atoms with E-state index in [2.05, 4.69) is 5.32 Å². The van der Waals surface area contributed by atoms with Crippen molar-refractivity contribution in [1.82, 2.24) is 0 Å². The van der Waals surface area contributed by atoms with E-state index in [0.717, 1.165) is 16.8 Å². The largest absolute Gasteiger partial charge is 0.478 e. The fraction of sp³-hybridized carbons (Fsp3) is 0.235. The number of halogens is 1. The Labute approximate surface area is 123 Å². The third-order valence-electron chi connectivity index (χ3n) is 3.32. The second kappa shape index (κ2) is 6.39. The third-order valence-corrected chi connectivity index (χ3v) is 3.32. The Hall–Kier alpha value is -2.36. The van der Waals surface area contributed by atoms with E-state index in [9.17, 15) is 9.18 Å². The summed E-state index contributed by atoms with van der Waals surface area (Å²) in [5, 5.41) is 12.3. The molecule has 0 spiro atoms. The van der Waals surface area contributed by atoms with Crippen LogP contribution in [0.4, 0.5) is 10.1 Å². The maximum atomic E-state index is 13.2. The highest BCUT2D eigenvalue weighted by Gasteiger charge is 2.09. The highest BCUT2D eigenvalue weighted by Crippen LogP contribution is 2.19. The van der Waals surface area contributed by atoms with Crippen LogP contribution in [0, 0.1) is 12.7 Å². The summed E-state index contributed by atoms with van der Waals surface area (Å²) in [4.78, 5) is 11.0. The molecule has 2 aromatic rings. The number of anilines is 1. The van der Waals surface area contributed by atoms with Crippen molar-refractivity contribution >= 4 is 11.7 Å². The molecule has 0 aliphatic heterocycles. The van der Waals surface area contributed by atoms with Crippen LogP contribution in [-0.2, 0) is 6.42 Å². The van der Waals surface area contributed by atoms with Gasteiger partial charge in [0.2, 0.25) is 0 Å². The van der Waals surface area contributed by atoms with Gasteiger partial charge in [0.05, 0.1) is 5.56 Å². The maximum absolute atomic E-state index is 13.2. The predicted octanol–water partition coefficient (Wildman–Crippen LogP) is 3.88. The number of aryl methyl sites for hydroxylation is 1. The van der Waals surface area contributed by atoms with Crippen LogP contribution in [0.2, 0.25) is 0 Å². The topological polar surface area (TPSA) is 49.3 Å². The molecule has 1 unspecified atom stereocenters. The van der Waals surface area contributed by atoms with E-state index in [1.807, 2.05) is 19.9 Å². The Morgan fingerprint density at radius 3 is 2.71 bits per heavy atom. The van der Waals surface area contributed by atoms with Crippen molar-refractivity contribution in [3.05, 3.63) is 65.0 Å². The molecule has 0 aromatic heterocycles. The standard InChI is InChI=1S/C17H18FNO2/c1-11-6-7-14(17(20)21)10-16(11)19-12(2)8-13-4-3-5-15(18)9-13/h3-7,9-10,12,19H,8H2,1-2H3,(H,20,21). The van der Waals surface area contributed by atoms with Crippen LogP contribution in [-0.4, -0.2) is 17.1 Å². The van der Waals surface area contributed by atoms with E-state index in [4.69, 9.17) is 5.11 Å². The summed E-state index contributed by atoms with van der Waals surface area (Å²) >= 11 is 0. The van der Waals surface area contributed by atoms with E-state index in [0.29, 0.717) is 6.42 Å². The highest BCUT2D eigenvalue weighted by molar-refractivity contribution is 5.89. The molecule has 0 saturated heterocycles. The second-order valence-corrected chi connectivity index (χ2v) is 5.21. The van der Waals surface area contributed by atoms with Crippen molar-refractivity contribution in [2.75, 3.05) is 5.32 Å². The minimum Gasteiger partial charge on any atom is -0.478 e. The van der Waals surface area contributed by atoms with E-state index < -0.39 is 5.97 Å². The number of rotatable bonds is 5. The first-order valence-corrected chi connectivity index (χ1v) is 6.80. The smallest absolute Gasteiger partial charge is 0.335 e. The monoisotopic (exact) mass is 287 g/mol. The van der Waals surface area contributed by atoms with Crippen LogP contribution < -0.4 is 5.32 Å². The Bertz CT molecular complexity index is 655. The number of carboxylic acids is 1. The zero-order valence-corrected chi connectivity index (χ0v) is 12.1. The Kier molecular flexibility index (Phi) is 4.58. The van der Waals surface area contributed by atoms with Gasteiger partial charge in [-0.2, -0.15) is 0 Å². The molecule has 2 aromatic carbocycles. The molecular weight excluding hydrogens is 269 g/mol. The fourth-order valence-corrected chi connectivity index (χ4v) is 2.24. The van der Waals surface area contributed by atoms with Crippen LogP contribution >= 0.6 is 0 Å². The molecule has 0 aliphatic carbocycles. The molecule has 0 saturated carbocycles. The van der Waals surface area contributed by atoms with Gasteiger partial charge in [-0.25, -0.2) is 9.18 Å². The number of hydrogen-bond donors (Lipinski definition) is 2. The summed E-state index contributed by atoms with van der Waals surface area (Å²) in [5.41, 5.74) is 2.92. The summed E-state index contributed by atoms with van der Waals surface area (Å²) in [7, 11) is 0. The maximum Gasteiger partial charge on any atom is 0.335 e. The van der Waals surface area contributed by atoms with Crippen molar-refractivity contribution in [1.29, 1.82) is 0 Å². The molecule has 21 heavy (non-hydrogen) atoms. The van der Waals surface area contributed by atoms with Crippen LogP contribution in [0.3, 0.4) is 0 Å². The van der Waals surface area contributed by atoms with Crippen molar-refractivity contribution in [2.24, 2.45) is 0 Å². The molecule has 2 N–H and O–H groups in total. The molecule has 3 nitrogen and oxygen atoms in total. The molecule has 0 bridgehead atoms. The summed E-state index contributed by atoms with van der Waals surface area (Å²) < 4.78 is 13.2. The van der Waals surface area contributed by atoms with Gasteiger partial charge < -0.3 is 10.4 Å². The van der Waals surface area contributed by atoms with Gasteiger partial charge in [0, 0.05) is 11.7 Å². The normalized spacial score (nSPS) is 12.0. The average Bonchev–Trinajstić information content (AvgIpc) is 2.41. The molecule has 2 rings (SSSR count). The van der Waals surface area contributed by atoms with Gasteiger partial charge >= 0.3 is 5.97 Å². The van der Waals surface area contributed by atoms with Gasteiger partial charge in [-0.1, -0.05) is 18.2 Å². The molecule has 0 amide bonds. The summed E-state index contributed by atoms with van der Waals surface area (Å²) in [5.74, 6) is -1.19. The van der Waals surface area contributed by atoms with Crippen LogP contribution in [0.1, 0.15) is 28.4 Å². The Morgan fingerprint density at radius 2 is 2.05 bits per heavy atom. The minimum atomic E-state index is -0.948. The van der Waals surface area contributed by atoms with Gasteiger partial charge in [0.25, 0.3) is 0 Å². The van der Waals surface area contributed by atoms with E-state index in [1.54, 1.807) is 24.3 Å². The lowest BCUT2D eigenvalue weighted by Crippen LogP contribution is -2.19. The lowest BCUT2D eigenvalue weighted by Gasteiger charge is -2.17. The van der Waals surface area contributed by atoms with Crippen LogP contribution in [0.25, 0.3) is 0 Å². The highest BCUT2D eigenvalue weighted by atomic mass is 19.1.